The van der Waals surface area contributed by atoms with Gasteiger partial charge in [0.15, 0.2) is 5.16 Å². The second-order valence-corrected chi connectivity index (χ2v) is 5.17. The Morgan fingerprint density at radius 1 is 1.33 bits per heavy atom. The smallest absolute Gasteiger partial charge is 0.172 e. The van der Waals surface area contributed by atoms with E-state index >= 15 is 0 Å². The third-order valence-electron chi connectivity index (χ3n) is 2.82. The zero-order valence-corrected chi connectivity index (χ0v) is 11.4. The van der Waals surface area contributed by atoms with Crippen LogP contribution in [0.5, 0.6) is 0 Å². The first-order valence-electron chi connectivity index (χ1n) is 5.83. The van der Waals surface area contributed by atoms with Crippen LogP contribution in [0, 0.1) is 25.2 Å². The van der Waals surface area contributed by atoms with Gasteiger partial charge in [0.05, 0.1) is 6.07 Å². The zero-order valence-electron chi connectivity index (χ0n) is 10.6. The van der Waals surface area contributed by atoms with Crippen LogP contribution in [0.2, 0.25) is 0 Å². The molecule has 2 aromatic rings. The molecule has 0 atom stereocenters. The molecular weight excluding hydrogens is 242 g/mol. The van der Waals surface area contributed by atoms with E-state index in [0.717, 1.165) is 16.6 Å². The van der Waals surface area contributed by atoms with Gasteiger partial charge in [-0.2, -0.15) is 5.26 Å². The molecule has 2 rings (SSSR count). The first kappa shape index (κ1) is 12.7. The van der Waals surface area contributed by atoms with Crippen molar-refractivity contribution in [1.29, 1.82) is 5.26 Å². The highest BCUT2D eigenvalue weighted by atomic mass is 32.2. The SMILES string of the molecule is Cc1ccc(-n2ccnc2SCCC#N)cc1C. The number of aryl methyl sites for hydroxylation is 2. The number of imidazole rings is 1. The first-order chi connectivity index (χ1) is 8.72. The number of hydrogen-bond donors (Lipinski definition) is 0. The molecule has 0 aliphatic rings. The molecule has 0 saturated carbocycles. The maximum absolute atomic E-state index is 8.56. The van der Waals surface area contributed by atoms with E-state index in [9.17, 15) is 0 Å². The summed E-state index contributed by atoms with van der Waals surface area (Å²) in [6, 6.07) is 8.52. The van der Waals surface area contributed by atoms with Gasteiger partial charge in [0.1, 0.15) is 0 Å². The predicted molar refractivity (Wildman–Crippen MR) is 74.0 cm³/mol. The van der Waals surface area contributed by atoms with Gasteiger partial charge in [0, 0.05) is 30.3 Å². The highest BCUT2D eigenvalue weighted by Gasteiger charge is 2.06. The van der Waals surface area contributed by atoms with Gasteiger partial charge in [-0.15, -0.1) is 0 Å². The van der Waals surface area contributed by atoms with Crippen molar-refractivity contribution in [1.82, 2.24) is 9.55 Å². The molecule has 0 N–H and O–H groups in total. The minimum Gasteiger partial charge on any atom is -0.295 e. The van der Waals surface area contributed by atoms with Crippen LogP contribution in [-0.4, -0.2) is 15.3 Å². The molecule has 0 bridgehead atoms. The first-order valence-corrected chi connectivity index (χ1v) is 6.81. The van der Waals surface area contributed by atoms with E-state index in [1.807, 2.05) is 6.20 Å². The fourth-order valence-corrected chi connectivity index (χ4v) is 2.47. The van der Waals surface area contributed by atoms with Crippen molar-refractivity contribution in [3.63, 3.8) is 0 Å². The lowest BCUT2D eigenvalue weighted by molar-refractivity contribution is 0.892. The van der Waals surface area contributed by atoms with Crippen molar-refractivity contribution in [3.05, 3.63) is 41.7 Å². The number of rotatable bonds is 4. The predicted octanol–water partition coefficient (Wildman–Crippen LogP) is 3.49. The maximum Gasteiger partial charge on any atom is 0.172 e. The maximum atomic E-state index is 8.56. The van der Waals surface area contributed by atoms with E-state index in [0.29, 0.717) is 6.42 Å². The van der Waals surface area contributed by atoms with Gasteiger partial charge in [-0.1, -0.05) is 17.8 Å². The van der Waals surface area contributed by atoms with Gasteiger partial charge < -0.3 is 0 Å². The van der Waals surface area contributed by atoms with Crippen LogP contribution in [0.15, 0.2) is 35.7 Å². The summed E-state index contributed by atoms with van der Waals surface area (Å²) in [6.45, 7) is 4.22. The van der Waals surface area contributed by atoms with E-state index in [4.69, 9.17) is 5.26 Å². The Bertz CT molecular complexity index is 581. The molecule has 0 aliphatic carbocycles. The van der Waals surface area contributed by atoms with Crippen LogP contribution in [0.25, 0.3) is 5.69 Å². The zero-order chi connectivity index (χ0) is 13.0. The Labute approximate surface area is 111 Å². The lowest BCUT2D eigenvalue weighted by Gasteiger charge is -2.09. The number of thioether (sulfide) groups is 1. The molecule has 1 heterocycles. The molecule has 0 saturated heterocycles. The van der Waals surface area contributed by atoms with E-state index in [-0.39, 0.29) is 0 Å². The summed E-state index contributed by atoms with van der Waals surface area (Å²) in [6.07, 6.45) is 4.30. The van der Waals surface area contributed by atoms with Crippen molar-refractivity contribution in [3.8, 4) is 11.8 Å². The number of benzene rings is 1. The molecular formula is C14H15N3S. The lowest BCUT2D eigenvalue weighted by atomic mass is 10.1. The monoisotopic (exact) mass is 257 g/mol. The van der Waals surface area contributed by atoms with E-state index in [1.54, 1.807) is 18.0 Å². The molecule has 92 valence electrons. The standard InChI is InChI=1S/C14H15N3S/c1-11-4-5-13(10-12(11)2)17-8-7-16-14(17)18-9-3-6-15/h4-5,7-8,10H,3,9H2,1-2H3. The average molecular weight is 257 g/mol. The van der Waals surface area contributed by atoms with Crippen LogP contribution in [-0.2, 0) is 0 Å². The molecule has 0 aliphatic heterocycles. The van der Waals surface area contributed by atoms with Crippen LogP contribution < -0.4 is 0 Å². The molecule has 0 amide bonds. The molecule has 0 spiro atoms. The molecule has 3 nitrogen and oxygen atoms in total. The second-order valence-electron chi connectivity index (χ2n) is 4.10. The van der Waals surface area contributed by atoms with Crippen molar-refractivity contribution in [2.45, 2.75) is 25.4 Å². The summed E-state index contributed by atoms with van der Waals surface area (Å²) in [5.41, 5.74) is 3.68. The van der Waals surface area contributed by atoms with E-state index in [1.165, 1.54) is 11.1 Å². The van der Waals surface area contributed by atoms with Gasteiger partial charge in [0.25, 0.3) is 0 Å². The van der Waals surface area contributed by atoms with Gasteiger partial charge >= 0.3 is 0 Å². The largest absolute Gasteiger partial charge is 0.295 e. The average Bonchev–Trinajstić information content (AvgIpc) is 2.81. The minimum atomic E-state index is 0.546. The molecule has 1 aromatic heterocycles. The lowest BCUT2D eigenvalue weighted by Crippen LogP contribution is -1.96. The summed E-state index contributed by atoms with van der Waals surface area (Å²) >= 11 is 1.61. The van der Waals surface area contributed by atoms with E-state index in [2.05, 4.69) is 47.7 Å². The van der Waals surface area contributed by atoms with Gasteiger partial charge in [-0.3, -0.25) is 4.57 Å². The molecule has 1 aromatic carbocycles. The highest BCUT2D eigenvalue weighted by molar-refractivity contribution is 7.99. The quantitative estimate of drug-likeness (QED) is 0.622. The fraction of sp³-hybridized carbons (Fsp3) is 0.286. The molecule has 0 fully saturated rings. The van der Waals surface area contributed by atoms with Crippen molar-refractivity contribution < 1.29 is 0 Å². The van der Waals surface area contributed by atoms with Crippen LogP contribution >= 0.6 is 11.8 Å². The number of aromatic nitrogens is 2. The summed E-state index contributed by atoms with van der Waals surface area (Å²) in [5, 5.41) is 9.50. The number of nitrogens with zero attached hydrogens (tertiary/aromatic N) is 3. The van der Waals surface area contributed by atoms with E-state index < -0.39 is 0 Å². The third-order valence-corrected chi connectivity index (χ3v) is 3.79. The Kier molecular flexibility index (Phi) is 4.06. The molecule has 0 radical (unpaired) electrons. The van der Waals surface area contributed by atoms with Gasteiger partial charge in [0.2, 0.25) is 0 Å². The normalized spacial score (nSPS) is 10.3. The highest BCUT2D eigenvalue weighted by Crippen LogP contribution is 2.22. The van der Waals surface area contributed by atoms with Crippen molar-refractivity contribution in [2.24, 2.45) is 0 Å². The molecule has 4 heteroatoms. The molecule has 0 unspecified atom stereocenters. The Balaban J connectivity index is 2.25. The Morgan fingerprint density at radius 3 is 2.89 bits per heavy atom. The third kappa shape index (κ3) is 2.74. The second kappa shape index (κ2) is 5.74. The number of hydrogen-bond acceptors (Lipinski definition) is 3. The Morgan fingerprint density at radius 2 is 2.17 bits per heavy atom. The van der Waals surface area contributed by atoms with Crippen LogP contribution in [0.4, 0.5) is 0 Å². The number of nitriles is 1. The van der Waals surface area contributed by atoms with Gasteiger partial charge in [-0.05, 0) is 37.1 Å². The Hall–Kier alpha value is -1.73. The van der Waals surface area contributed by atoms with Gasteiger partial charge in [-0.25, -0.2) is 4.98 Å². The summed E-state index contributed by atoms with van der Waals surface area (Å²) < 4.78 is 2.06. The van der Waals surface area contributed by atoms with Crippen molar-refractivity contribution >= 4 is 11.8 Å². The summed E-state index contributed by atoms with van der Waals surface area (Å²) in [5.74, 6) is 0.776. The van der Waals surface area contributed by atoms with Crippen LogP contribution in [0.3, 0.4) is 0 Å². The topological polar surface area (TPSA) is 41.6 Å². The van der Waals surface area contributed by atoms with Crippen molar-refractivity contribution in [2.75, 3.05) is 5.75 Å². The fourth-order valence-electron chi connectivity index (χ4n) is 1.66. The minimum absolute atomic E-state index is 0.546. The summed E-state index contributed by atoms with van der Waals surface area (Å²) in [4.78, 5) is 4.33. The summed E-state index contributed by atoms with van der Waals surface area (Å²) in [7, 11) is 0. The molecule has 18 heavy (non-hydrogen) atoms. The van der Waals surface area contributed by atoms with Crippen LogP contribution in [0.1, 0.15) is 17.5 Å².